The van der Waals surface area contributed by atoms with E-state index in [1.54, 1.807) is 16.8 Å². The molecule has 0 spiro atoms. The molecule has 1 aromatic heterocycles. The Balaban J connectivity index is 0.00000144. The molecule has 3 nitrogen and oxygen atoms in total. The highest BCUT2D eigenvalue weighted by molar-refractivity contribution is 5.85. The van der Waals surface area contributed by atoms with Crippen LogP contribution in [-0.2, 0) is 6.54 Å². The number of nitrogens with two attached hydrogens (primary N) is 1. The van der Waals surface area contributed by atoms with Crippen molar-refractivity contribution < 1.29 is 4.39 Å². The van der Waals surface area contributed by atoms with Crippen LogP contribution in [0.1, 0.15) is 6.92 Å². The normalized spacial score (nSPS) is 11.9. The van der Waals surface area contributed by atoms with Crippen molar-refractivity contribution in [2.45, 2.75) is 19.5 Å². The molecule has 2 N–H and O–H groups in total. The quantitative estimate of drug-likeness (QED) is 0.916. The fourth-order valence-corrected chi connectivity index (χ4v) is 1.53. The highest BCUT2D eigenvalue weighted by Crippen LogP contribution is 2.16. The van der Waals surface area contributed by atoms with Crippen molar-refractivity contribution in [1.82, 2.24) is 9.78 Å². The third kappa shape index (κ3) is 3.54. The van der Waals surface area contributed by atoms with Crippen LogP contribution < -0.4 is 5.73 Å². The lowest BCUT2D eigenvalue weighted by Gasteiger charge is -2.04. The third-order valence-corrected chi connectivity index (χ3v) is 2.26. The van der Waals surface area contributed by atoms with Gasteiger partial charge in [-0.25, -0.2) is 4.39 Å². The van der Waals surface area contributed by atoms with Gasteiger partial charge in [0.2, 0.25) is 0 Å². The molecule has 1 heterocycles. The first-order chi connectivity index (χ1) is 7.65. The first-order valence-electron chi connectivity index (χ1n) is 5.20. The van der Waals surface area contributed by atoms with Gasteiger partial charge in [0.05, 0.1) is 12.2 Å². The van der Waals surface area contributed by atoms with Crippen molar-refractivity contribution in [3.63, 3.8) is 0 Å². The minimum absolute atomic E-state index is 0. The standard InChI is InChI=1S/C12H14FN3.ClH/c1-9(14)8-16-7-6-12(15-16)10-2-4-11(13)5-3-10;/h2-7,9H,8,14H2,1H3;1H/t9-;/m0./s1. The summed E-state index contributed by atoms with van der Waals surface area (Å²) < 4.78 is 14.5. The number of benzene rings is 1. The predicted molar refractivity (Wildman–Crippen MR) is 68.5 cm³/mol. The lowest BCUT2D eigenvalue weighted by atomic mass is 10.1. The molecule has 2 aromatic rings. The van der Waals surface area contributed by atoms with Crippen molar-refractivity contribution in [3.8, 4) is 11.3 Å². The van der Waals surface area contributed by atoms with Gasteiger partial charge in [0, 0.05) is 17.8 Å². The predicted octanol–water partition coefficient (Wildman–Crippen LogP) is 2.46. The highest BCUT2D eigenvalue weighted by Gasteiger charge is 2.03. The Morgan fingerprint density at radius 1 is 1.29 bits per heavy atom. The molecule has 0 bridgehead atoms. The van der Waals surface area contributed by atoms with Gasteiger partial charge in [0.25, 0.3) is 0 Å². The summed E-state index contributed by atoms with van der Waals surface area (Å²) in [6.45, 7) is 2.61. The Hall–Kier alpha value is -1.39. The fourth-order valence-electron chi connectivity index (χ4n) is 1.53. The first-order valence-corrected chi connectivity index (χ1v) is 5.20. The number of aromatic nitrogens is 2. The molecule has 1 atom stereocenters. The third-order valence-electron chi connectivity index (χ3n) is 2.26. The van der Waals surface area contributed by atoms with E-state index in [2.05, 4.69) is 5.10 Å². The average Bonchev–Trinajstić information content (AvgIpc) is 2.66. The van der Waals surface area contributed by atoms with Gasteiger partial charge in [0.1, 0.15) is 5.82 Å². The van der Waals surface area contributed by atoms with Gasteiger partial charge in [-0.15, -0.1) is 12.4 Å². The summed E-state index contributed by atoms with van der Waals surface area (Å²) in [5, 5.41) is 4.36. The van der Waals surface area contributed by atoms with Crippen LogP contribution in [0.5, 0.6) is 0 Å². The van der Waals surface area contributed by atoms with Crippen LogP contribution in [0.2, 0.25) is 0 Å². The molecule has 0 radical (unpaired) electrons. The maximum Gasteiger partial charge on any atom is 0.123 e. The summed E-state index contributed by atoms with van der Waals surface area (Å²) in [5.41, 5.74) is 7.42. The molecule has 1 aromatic carbocycles. The van der Waals surface area contributed by atoms with E-state index in [1.807, 2.05) is 19.2 Å². The summed E-state index contributed by atoms with van der Waals surface area (Å²) >= 11 is 0. The van der Waals surface area contributed by atoms with Crippen LogP contribution in [0.15, 0.2) is 36.5 Å². The SMILES string of the molecule is C[C@H](N)Cn1ccc(-c2ccc(F)cc2)n1.Cl. The number of hydrogen-bond donors (Lipinski definition) is 1. The number of rotatable bonds is 3. The molecule has 92 valence electrons. The van der Waals surface area contributed by atoms with Crippen LogP contribution in [-0.4, -0.2) is 15.8 Å². The second-order valence-electron chi connectivity index (χ2n) is 3.91. The molecule has 2 rings (SSSR count). The van der Waals surface area contributed by atoms with Gasteiger partial charge in [0.15, 0.2) is 0 Å². The van der Waals surface area contributed by atoms with Gasteiger partial charge in [-0.3, -0.25) is 4.68 Å². The van der Waals surface area contributed by atoms with Crippen molar-refractivity contribution >= 4 is 12.4 Å². The molecule has 0 unspecified atom stereocenters. The van der Waals surface area contributed by atoms with E-state index in [4.69, 9.17) is 5.73 Å². The Morgan fingerprint density at radius 2 is 1.94 bits per heavy atom. The highest BCUT2D eigenvalue weighted by atomic mass is 35.5. The van der Waals surface area contributed by atoms with E-state index in [-0.39, 0.29) is 24.3 Å². The Morgan fingerprint density at radius 3 is 2.53 bits per heavy atom. The monoisotopic (exact) mass is 255 g/mol. The number of nitrogens with zero attached hydrogens (tertiary/aromatic N) is 2. The van der Waals surface area contributed by atoms with Gasteiger partial charge in [-0.2, -0.15) is 5.10 Å². The molecular weight excluding hydrogens is 241 g/mol. The summed E-state index contributed by atoms with van der Waals surface area (Å²) in [4.78, 5) is 0. The van der Waals surface area contributed by atoms with E-state index in [1.165, 1.54) is 12.1 Å². The van der Waals surface area contributed by atoms with E-state index >= 15 is 0 Å². The lowest BCUT2D eigenvalue weighted by molar-refractivity contribution is 0.540. The molecule has 0 saturated carbocycles. The van der Waals surface area contributed by atoms with Crippen molar-refractivity contribution in [2.24, 2.45) is 5.73 Å². The van der Waals surface area contributed by atoms with Crippen molar-refractivity contribution in [1.29, 1.82) is 0 Å². The largest absolute Gasteiger partial charge is 0.326 e. The van der Waals surface area contributed by atoms with E-state index in [9.17, 15) is 4.39 Å². The van der Waals surface area contributed by atoms with E-state index in [0.29, 0.717) is 6.54 Å². The topological polar surface area (TPSA) is 43.8 Å². The van der Waals surface area contributed by atoms with Crippen LogP contribution in [0.4, 0.5) is 4.39 Å². The maximum atomic E-state index is 12.7. The zero-order valence-electron chi connectivity index (χ0n) is 9.51. The molecule has 17 heavy (non-hydrogen) atoms. The zero-order valence-corrected chi connectivity index (χ0v) is 10.3. The number of hydrogen-bond acceptors (Lipinski definition) is 2. The molecule has 0 aliphatic heterocycles. The summed E-state index contributed by atoms with van der Waals surface area (Å²) in [7, 11) is 0. The van der Waals surface area contributed by atoms with Crippen LogP contribution in [0, 0.1) is 5.82 Å². The Bertz CT molecular complexity index is 465. The van der Waals surface area contributed by atoms with Crippen molar-refractivity contribution in [2.75, 3.05) is 0 Å². The van der Waals surface area contributed by atoms with Gasteiger partial charge in [-0.05, 0) is 37.3 Å². The van der Waals surface area contributed by atoms with Crippen molar-refractivity contribution in [3.05, 3.63) is 42.3 Å². The zero-order chi connectivity index (χ0) is 11.5. The molecular formula is C12H15ClFN3. The molecule has 0 fully saturated rings. The number of halogens is 2. The summed E-state index contributed by atoms with van der Waals surface area (Å²) in [6.07, 6.45) is 1.88. The second-order valence-corrected chi connectivity index (χ2v) is 3.91. The summed E-state index contributed by atoms with van der Waals surface area (Å²) in [6, 6.07) is 8.26. The molecule has 0 aliphatic carbocycles. The van der Waals surface area contributed by atoms with Gasteiger partial charge >= 0.3 is 0 Å². The minimum atomic E-state index is -0.237. The fraction of sp³-hybridized carbons (Fsp3) is 0.250. The molecule has 0 aliphatic rings. The van der Waals surface area contributed by atoms with E-state index in [0.717, 1.165) is 11.3 Å². The molecule has 5 heteroatoms. The van der Waals surface area contributed by atoms with E-state index < -0.39 is 0 Å². The van der Waals surface area contributed by atoms with Gasteiger partial charge in [-0.1, -0.05) is 0 Å². The Kier molecular flexibility index (Phi) is 4.66. The maximum absolute atomic E-state index is 12.7. The Labute approximate surface area is 106 Å². The van der Waals surface area contributed by atoms with Gasteiger partial charge < -0.3 is 5.73 Å². The van der Waals surface area contributed by atoms with Crippen LogP contribution in [0.3, 0.4) is 0 Å². The lowest BCUT2D eigenvalue weighted by Crippen LogP contribution is -2.22. The average molecular weight is 256 g/mol. The first kappa shape index (κ1) is 13.7. The van der Waals surface area contributed by atoms with Crippen LogP contribution >= 0.6 is 12.4 Å². The second kappa shape index (κ2) is 5.80. The molecule has 0 amide bonds. The summed E-state index contributed by atoms with van der Waals surface area (Å²) in [5.74, 6) is -0.237. The minimum Gasteiger partial charge on any atom is -0.326 e. The smallest absolute Gasteiger partial charge is 0.123 e. The van der Waals surface area contributed by atoms with Crippen LogP contribution in [0.25, 0.3) is 11.3 Å². The molecule has 0 saturated heterocycles.